The number of ether oxygens (including phenoxy) is 3. The number of hydrogen-bond donors (Lipinski definition) is 3. The Labute approximate surface area is 274 Å². The van der Waals surface area contributed by atoms with Crippen LogP contribution in [0.3, 0.4) is 0 Å². The van der Waals surface area contributed by atoms with Crippen molar-refractivity contribution in [2.45, 2.75) is 50.0 Å². The Morgan fingerprint density at radius 2 is 1.57 bits per heavy atom. The summed E-state index contributed by atoms with van der Waals surface area (Å²) in [4.78, 5) is 26.9. The predicted molar refractivity (Wildman–Crippen MR) is 180 cm³/mol. The van der Waals surface area contributed by atoms with E-state index in [0.717, 1.165) is 10.4 Å². The number of anilines is 1. The van der Waals surface area contributed by atoms with Gasteiger partial charge in [0.15, 0.2) is 31.1 Å². The first kappa shape index (κ1) is 32.6. The Hall–Kier alpha value is -4.30. The van der Waals surface area contributed by atoms with Gasteiger partial charge >= 0.3 is 0 Å². The molecule has 12 heteroatoms. The van der Waals surface area contributed by atoms with E-state index < -0.39 is 38.1 Å². The zero-order chi connectivity index (χ0) is 33.0. The highest BCUT2D eigenvalue weighted by atomic mass is 28.3. The van der Waals surface area contributed by atoms with Crippen LogP contribution in [-0.4, -0.2) is 88.2 Å². The van der Waals surface area contributed by atoms with Crippen molar-refractivity contribution >= 4 is 42.1 Å². The van der Waals surface area contributed by atoms with Gasteiger partial charge in [0.25, 0.3) is 5.91 Å². The van der Waals surface area contributed by atoms with E-state index in [4.69, 9.17) is 19.2 Å². The number of amides is 1. The third-order valence-electron chi connectivity index (χ3n) is 8.17. The van der Waals surface area contributed by atoms with Gasteiger partial charge in [-0.3, -0.25) is 9.36 Å². The van der Waals surface area contributed by atoms with Crippen molar-refractivity contribution in [2.24, 2.45) is 0 Å². The Balaban J connectivity index is 1.57. The minimum absolute atomic E-state index is 0.0373. The van der Waals surface area contributed by atoms with Gasteiger partial charge < -0.3 is 29.7 Å². The molecule has 0 spiro atoms. The number of carbonyl (C=O) groups is 1. The fourth-order valence-electron chi connectivity index (χ4n) is 6.16. The maximum absolute atomic E-state index is 13.2. The SMILES string of the molecule is CC(C)(C)OC[C@H]1O[C@](n2cnc3c(NC(=O)c4ccccc4)ncnc32)([SiH](c2ccccc2)c2ccccc2)[C@H](OCCO)[C@@H]1O. The molecular formula is C35H39N5O6Si. The van der Waals surface area contributed by atoms with Crippen LogP contribution < -0.4 is 15.7 Å². The molecule has 47 heavy (non-hydrogen) atoms. The molecule has 4 atom stereocenters. The second-order valence-corrected chi connectivity index (χ2v) is 15.4. The van der Waals surface area contributed by atoms with Gasteiger partial charge in [0, 0.05) is 5.56 Å². The van der Waals surface area contributed by atoms with E-state index in [9.17, 15) is 15.0 Å². The molecule has 244 valence electrons. The number of aromatic nitrogens is 4. The van der Waals surface area contributed by atoms with Crippen LogP contribution in [0.15, 0.2) is 104 Å². The summed E-state index contributed by atoms with van der Waals surface area (Å²) in [5, 5.41) is 25.5. The molecule has 3 heterocycles. The lowest BCUT2D eigenvalue weighted by atomic mass is 10.1. The Kier molecular flexibility index (Phi) is 9.59. The monoisotopic (exact) mass is 653 g/mol. The van der Waals surface area contributed by atoms with E-state index in [1.54, 1.807) is 30.6 Å². The number of hydrogen-bond acceptors (Lipinski definition) is 9. The quantitative estimate of drug-likeness (QED) is 0.183. The molecule has 2 aromatic heterocycles. The van der Waals surface area contributed by atoms with Crippen LogP contribution in [0.5, 0.6) is 0 Å². The third-order valence-corrected chi connectivity index (χ3v) is 11.8. The van der Waals surface area contributed by atoms with E-state index in [-0.39, 0.29) is 31.5 Å². The lowest BCUT2D eigenvalue weighted by Gasteiger charge is -2.42. The zero-order valence-corrected chi connectivity index (χ0v) is 27.7. The van der Waals surface area contributed by atoms with Crippen molar-refractivity contribution in [3.05, 3.63) is 109 Å². The molecule has 0 unspecified atom stereocenters. The van der Waals surface area contributed by atoms with Gasteiger partial charge in [-0.25, -0.2) is 15.0 Å². The fraction of sp³-hybridized carbons (Fsp3) is 0.314. The standard InChI is InChI=1S/C35H39N5O6Si/c1-34(2,3)45-21-27-29(42)30(44-20-19-41)35(46-27,47(25-15-9-5-10-16-25)26-17-11-6-12-18-26)40-23-38-28-31(36-22-37-32(28)40)39-33(43)24-13-7-4-8-14-24/h4-18,22-23,27,29-30,41-42,47H,19-21H2,1-3H3,(H,36,37,39,43)/t27-,29-,30-,35+/m1/s1. The number of fused-ring (bicyclic) bond motifs is 1. The number of nitrogens with one attached hydrogen (secondary N) is 1. The van der Waals surface area contributed by atoms with Crippen LogP contribution in [0.4, 0.5) is 5.82 Å². The van der Waals surface area contributed by atoms with Crippen molar-refractivity contribution in [3.63, 3.8) is 0 Å². The van der Waals surface area contributed by atoms with E-state index in [0.29, 0.717) is 16.7 Å². The predicted octanol–water partition coefficient (Wildman–Crippen LogP) is 2.26. The van der Waals surface area contributed by atoms with Crippen molar-refractivity contribution in [2.75, 3.05) is 25.1 Å². The summed E-state index contributed by atoms with van der Waals surface area (Å²) < 4.78 is 21.5. The molecule has 3 aromatic carbocycles. The largest absolute Gasteiger partial charge is 0.394 e. The van der Waals surface area contributed by atoms with Crippen molar-refractivity contribution in [3.8, 4) is 0 Å². The fourth-order valence-corrected chi connectivity index (χ4v) is 10.1. The number of rotatable bonds is 11. The average Bonchev–Trinajstić information content (AvgIpc) is 3.64. The maximum Gasteiger partial charge on any atom is 0.256 e. The number of carbonyl (C=O) groups excluding carboxylic acids is 1. The highest BCUT2D eigenvalue weighted by Crippen LogP contribution is 2.42. The minimum atomic E-state index is -2.65. The summed E-state index contributed by atoms with van der Waals surface area (Å²) in [6.07, 6.45) is 0.0825. The smallest absolute Gasteiger partial charge is 0.256 e. The lowest BCUT2D eigenvalue weighted by Crippen LogP contribution is -2.67. The van der Waals surface area contributed by atoms with Crippen LogP contribution in [0.2, 0.25) is 0 Å². The van der Waals surface area contributed by atoms with Crippen molar-refractivity contribution < 1.29 is 29.2 Å². The van der Waals surface area contributed by atoms with Gasteiger partial charge in [-0.15, -0.1) is 0 Å². The molecule has 5 aromatic rings. The maximum atomic E-state index is 13.2. The van der Waals surface area contributed by atoms with E-state index in [1.807, 2.05) is 67.8 Å². The van der Waals surface area contributed by atoms with Gasteiger partial charge in [-0.2, -0.15) is 0 Å². The lowest BCUT2D eigenvalue weighted by molar-refractivity contribution is -0.125. The Bertz CT molecular complexity index is 1750. The molecule has 6 rings (SSSR count). The number of aliphatic hydroxyl groups excluding tert-OH is 2. The summed E-state index contributed by atoms with van der Waals surface area (Å²) in [6.45, 7) is 5.63. The molecule has 1 saturated heterocycles. The summed E-state index contributed by atoms with van der Waals surface area (Å²) in [6, 6.07) is 28.9. The molecule has 0 bridgehead atoms. The van der Waals surface area contributed by atoms with Crippen molar-refractivity contribution in [1.82, 2.24) is 19.5 Å². The summed E-state index contributed by atoms with van der Waals surface area (Å²) >= 11 is 0. The molecule has 0 saturated carbocycles. The molecule has 3 N–H and O–H groups in total. The number of aliphatic hydroxyl groups is 2. The van der Waals surface area contributed by atoms with Crippen LogP contribution in [0.1, 0.15) is 31.1 Å². The van der Waals surface area contributed by atoms with E-state index in [1.165, 1.54) is 6.33 Å². The van der Waals surface area contributed by atoms with Crippen molar-refractivity contribution in [1.29, 1.82) is 0 Å². The van der Waals surface area contributed by atoms with Crippen LogP contribution in [0, 0.1) is 0 Å². The zero-order valence-electron chi connectivity index (χ0n) is 26.6. The average molecular weight is 654 g/mol. The Morgan fingerprint density at radius 3 is 2.17 bits per heavy atom. The van der Waals surface area contributed by atoms with Crippen LogP contribution in [-0.2, 0) is 19.6 Å². The van der Waals surface area contributed by atoms with Crippen LogP contribution >= 0.6 is 0 Å². The number of benzene rings is 3. The second kappa shape index (κ2) is 13.8. The minimum Gasteiger partial charge on any atom is -0.394 e. The summed E-state index contributed by atoms with van der Waals surface area (Å²) in [7, 11) is -2.65. The van der Waals surface area contributed by atoms with E-state index >= 15 is 0 Å². The van der Waals surface area contributed by atoms with Gasteiger partial charge in [0.2, 0.25) is 0 Å². The Morgan fingerprint density at radius 1 is 0.957 bits per heavy atom. The van der Waals surface area contributed by atoms with Gasteiger partial charge in [-0.1, -0.05) is 89.2 Å². The summed E-state index contributed by atoms with van der Waals surface area (Å²) in [5.41, 5.74) is 0.706. The molecule has 11 nitrogen and oxygen atoms in total. The molecule has 1 aliphatic rings. The molecule has 1 aliphatic heterocycles. The summed E-state index contributed by atoms with van der Waals surface area (Å²) in [5.74, 6) is -0.110. The highest BCUT2D eigenvalue weighted by molar-refractivity contribution is 6.86. The third kappa shape index (κ3) is 6.61. The first-order chi connectivity index (χ1) is 22.7. The molecular weight excluding hydrogens is 615 g/mol. The second-order valence-electron chi connectivity index (χ2n) is 12.4. The van der Waals surface area contributed by atoms with E-state index in [2.05, 4.69) is 39.6 Å². The van der Waals surface area contributed by atoms with Crippen LogP contribution in [0.25, 0.3) is 11.2 Å². The number of nitrogens with zero attached hydrogens (tertiary/aromatic N) is 4. The first-order valence-electron chi connectivity index (χ1n) is 15.6. The first-order valence-corrected chi connectivity index (χ1v) is 17.3. The topological polar surface area (TPSA) is 141 Å². The molecule has 1 fully saturated rings. The highest BCUT2D eigenvalue weighted by Gasteiger charge is 2.62. The molecule has 1 amide bonds. The van der Waals surface area contributed by atoms with Gasteiger partial charge in [0.05, 0.1) is 31.7 Å². The number of imidazole rings is 1. The molecule has 0 aliphatic carbocycles. The van der Waals surface area contributed by atoms with Gasteiger partial charge in [-0.05, 0) is 32.9 Å². The normalized spacial score (nSPS) is 21.4. The molecule has 0 radical (unpaired) electrons. The van der Waals surface area contributed by atoms with Gasteiger partial charge in [0.1, 0.15) is 24.6 Å².